The van der Waals surface area contributed by atoms with E-state index in [-0.39, 0.29) is 5.91 Å². The van der Waals surface area contributed by atoms with E-state index < -0.39 is 0 Å². The molecule has 6 heteroatoms. The van der Waals surface area contributed by atoms with Crippen molar-refractivity contribution in [3.8, 4) is 5.75 Å². The van der Waals surface area contributed by atoms with E-state index in [1.165, 1.54) is 0 Å². The molecule has 138 valence electrons. The predicted molar refractivity (Wildman–Crippen MR) is 104 cm³/mol. The summed E-state index contributed by atoms with van der Waals surface area (Å²) >= 11 is 0. The standard InChI is InChI=1S/C20H26N4O2/c1-3-23-11-13-24(14-12-23)19-10-5-16(15-21-19)20(25)22-17-6-8-18(9-7-17)26-4-2/h5-10,15H,3-4,11-14H2,1-2H3,(H,22,25). The number of carbonyl (C=O) groups is 1. The highest BCUT2D eigenvalue weighted by molar-refractivity contribution is 6.04. The van der Waals surface area contributed by atoms with E-state index >= 15 is 0 Å². The van der Waals surface area contributed by atoms with E-state index in [9.17, 15) is 4.79 Å². The molecule has 6 nitrogen and oxygen atoms in total. The maximum atomic E-state index is 12.4. The zero-order valence-electron chi connectivity index (χ0n) is 15.4. The van der Waals surface area contributed by atoms with Gasteiger partial charge in [-0.3, -0.25) is 4.79 Å². The summed E-state index contributed by atoms with van der Waals surface area (Å²) in [5.41, 5.74) is 1.29. The van der Waals surface area contributed by atoms with Gasteiger partial charge in [0.05, 0.1) is 12.2 Å². The maximum absolute atomic E-state index is 12.4. The molecule has 2 heterocycles. The molecule has 0 aliphatic carbocycles. The molecular formula is C20H26N4O2. The Morgan fingerprint density at radius 2 is 1.81 bits per heavy atom. The van der Waals surface area contributed by atoms with Crippen LogP contribution >= 0.6 is 0 Å². The number of amides is 1. The van der Waals surface area contributed by atoms with Crippen LogP contribution in [0.1, 0.15) is 24.2 Å². The number of hydrogen-bond donors (Lipinski definition) is 1. The molecule has 1 aliphatic rings. The zero-order valence-corrected chi connectivity index (χ0v) is 15.4. The monoisotopic (exact) mass is 354 g/mol. The van der Waals surface area contributed by atoms with Gasteiger partial charge in [-0.1, -0.05) is 6.92 Å². The molecule has 0 saturated carbocycles. The third-order valence-electron chi connectivity index (χ3n) is 4.58. The maximum Gasteiger partial charge on any atom is 0.257 e. The average Bonchev–Trinajstić information content (AvgIpc) is 2.70. The number of rotatable bonds is 6. The summed E-state index contributed by atoms with van der Waals surface area (Å²) in [4.78, 5) is 21.6. The van der Waals surface area contributed by atoms with Crippen LogP contribution in [0.5, 0.6) is 5.75 Å². The Morgan fingerprint density at radius 3 is 2.38 bits per heavy atom. The largest absolute Gasteiger partial charge is 0.494 e. The molecule has 0 spiro atoms. The van der Waals surface area contributed by atoms with Crippen molar-refractivity contribution in [3.05, 3.63) is 48.2 Å². The number of anilines is 2. The first-order valence-electron chi connectivity index (χ1n) is 9.17. The first kappa shape index (κ1) is 18.2. The van der Waals surface area contributed by atoms with Crippen LogP contribution in [0.15, 0.2) is 42.6 Å². The Labute approximate surface area is 154 Å². The molecule has 1 aliphatic heterocycles. The third-order valence-corrected chi connectivity index (χ3v) is 4.58. The van der Waals surface area contributed by atoms with Gasteiger partial charge in [0.2, 0.25) is 0 Å². The molecule has 1 saturated heterocycles. The second-order valence-corrected chi connectivity index (χ2v) is 6.24. The highest BCUT2D eigenvalue weighted by atomic mass is 16.5. The summed E-state index contributed by atoms with van der Waals surface area (Å²) in [6.45, 7) is 9.89. The van der Waals surface area contributed by atoms with Crippen molar-refractivity contribution in [3.63, 3.8) is 0 Å². The van der Waals surface area contributed by atoms with Crippen molar-refractivity contribution in [2.24, 2.45) is 0 Å². The Morgan fingerprint density at radius 1 is 1.08 bits per heavy atom. The second-order valence-electron chi connectivity index (χ2n) is 6.24. The number of aromatic nitrogens is 1. The van der Waals surface area contributed by atoms with E-state index in [0.717, 1.165) is 50.0 Å². The molecule has 1 aromatic carbocycles. The zero-order chi connectivity index (χ0) is 18.4. The molecule has 2 aromatic rings. The van der Waals surface area contributed by atoms with Crippen LogP contribution in [0.2, 0.25) is 0 Å². The van der Waals surface area contributed by atoms with Crippen LogP contribution in [-0.2, 0) is 0 Å². The minimum Gasteiger partial charge on any atom is -0.494 e. The summed E-state index contributed by atoms with van der Waals surface area (Å²) in [7, 11) is 0. The van der Waals surface area contributed by atoms with E-state index in [0.29, 0.717) is 12.2 Å². The van der Waals surface area contributed by atoms with Crippen LogP contribution in [0, 0.1) is 0 Å². The Bertz CT molecular complexity index is 708. The third kappa shape index (κ3) is 4.52. The van der Waals surface area contributed by atoms with E-state index in [4.69, 9.17) is 4.74 Å². The van der Waals surface area contributed by atoms with Crippen molar-refractivity contribution >= 4 is 17.4 Å². The second kappa shape index (κ2) is 8.67. The first-order valence-corrected chi connectivity index (χ1v) is 9.17. The summed E-state index contributed by atoms with van der Waals surface area (Å²) in [6, 6.07) is 11.1. The minimum atomic E-state index is -0.163. The number of benzene rings is 1. The molecule has 0 unspecified atom stereocenters. The van der Waals surface area contributed by atoms with E-state index in [1.54, 1.807) is 6.20 Å². The normalized spacial score (nSPS) is 14.9. The van der Waals surface area contributed by atoms with Gasteiger partial charge >= 0.3 is 0 Å². The molecule has 3 rings (SSSR count). The number of likely N-dealkylation sites (N-methyl/N-ethyl adjacent to an activating group) is 1. The van der Waals surface area contributed by atoms with E-state index in [1.807, 2.05) is 43.3 Å². The molecule has 0 atom stereocenters. The van der Waals surface area contributed by atoms with Crippen molar-refractivity contribution in [1.82, 2.24) is 9.88 Å². The van der Waals surface area contributed by atoms with Crippen LogP contribution < -0.4 is 15.0 Å². The molecule has 1 fully saturated rings. The van der Waals surface area contributed by atoms with Crippen molar-refractivity contribution in [1.29, 1.82) is 0 Å². The summed E-state index contributed by atoms with van der Waals surface area (Å²) in [5.74, 6) is 1.56. The fraction of sp³-hybridized carbons (Fsp3) is 0.400. The van der Waals surface area contributed by atoms with Gasteiger partial charge in [0.1, 0.15) is 11.6 Å². The van der Waals surface area contributed by atoms with Gasteiger partial charge in [-0.05, 0) is 49.9 Å². The number of pyridine rings is 1. The minimum absolute atomic E-state index is 0.163. The average molecular weight is 354 g/mol. The topological polar surface area (TPSA) is 57.7 Å². The number of nitrogens with one attached hydrogen (secondary N) is 1. The lowest BCUT2D eigenvalue weighted by atomic mass is 10.2. The molecule has 1 amide bonds. The summed E-state index contributed by atoms with van der Waals surface area (Å²) < 4.78 is 5.40. The van der Waals surface area contributed by atoms with Crippen LogP contribution in [0.3, 0.4) is 0 Å². The smallest absolute Gasteiger partial charge is 0.257 e. The number of ether oxygens (including phenoxy) is 1. The van der Waals surface area contributed by atoms with E-state index in [2.05, 4.69) is 27.0 Å². The lowest BCUT2D eigenvalue weighted by Gasteiger charge is -2.34. The van der Waals surface area contributed by atoms with Crippen molar-refractivity contribution in [2.45, 2.75) is 13.8 Å². The molecule has 1 aromatic heterocycles. The highest BCUT2D eigenvalue weighted by Gasteiger charge is 2.17. The molecule has 1 N–H and O–H groups in total. The van der Waals surface area contributed by atoms with Gasteiger partial charge in [-0.25, -0.2) is 4.98 Å². The van der Waals surface area contributed by atoms with Gasteiger partial charge < -0.3 is 19.9 Å². The van der Waals surface area contributed by atoms with Gasteiger partial charge in [-0.15, -0.1) is 0 Å². The SMILES string of the molecule is CCOc1ccc(NC(=O)c2ccc(N3CCN(CC)CC3)nc2)cc1. The fourth-order valence-electron chi connectivity index (χ4n) is 3.01. The van der Waals surface area contributed by atoms with Gasteiger partial charge in [-0.2, -0.15) is 0 Å². The van der Waals surface area contributed by atoms with Crippen LogP contribution in [0.25, 0.3) is 0 Å². The first-order chi connectivity index (χ1) is 12.7. The highest BCUT2D eigenvalue weighted by Crippen LogP contribution is 2.18. The van der Waals surface area contributed by atoms with Crippen molar-refractivity contribution < 1.29 is 9.53 Å². The Balaban J connectivity index is 1.58. The Kier molecular flexibility index (Phi) is 6.07. The molecular weight excluding hydrogens is 328 g/mol. The predicted octanol–water partition coefficient (Wildman–Crippen LogP) is 2.87. The van der Waals surface area contributed by atoms with Crippen LogP contribution in [-0.4, -0.2) is 55.1 Å². The van der Waals surface area contributed by atoms with Crippen molar-refractivity contribution in [2.75, 3.05) is 49.5 Å². The molecule has 0 radical (unpaired) electrons. The fourth-order valence-corrected chi connectivity index (χ4v) is 3.01. The number of piperazine rings is 1. The van der Waals surface area contributed by atoms with Gasteiger partial charge in [0, 0.05) is 38.1 Å². The summed E-state index contributed by atoms with van der Waals surface area (Å²) in [6.07, 6.45) is 1.64. The number of nitrogens with zero attached hydrogens (tertiary/aromatic N) is 3. The van der Waals surface area contributed by atoms with Crippen LogP contribution in [0.4, 0.5) is 11.5 Å². The number of hydrogen-bond acceptors (Lipinski definition) is 5. The number of carbonyl (C=O) groups excluding carboxylic acids is 1. The summed E-state index contributed by atoms with van der Waals surface area (Å²) in [5, 5.41) is 2.89. The Hall–Kier alpha value is -2.60. The quantitative estimate of drug-likeness (QED) is 0.864. The lowest BCUT2D eigenvalue weighted by Crippen LogP contribution is -2.46. The van der Waals surface area contributed by atoms with Gasteiger partial charge in [0.15, 0.2) is 0 Å². The van der Waals surface area contributed by atoms with Gasteiger partial charge in [0.25, 0.3) is 5.91 Å². The lowest BCUT2D eigenvalue weighted by molar-refractivity contribution is 0.102. The molecule has 0 bridgehead atoms. The molecule has 26 heavy (non-hydrogen) atoms.